The van der Waals surface area contributed by atoms with Crippen LogP contribution in [0.4, 0.5) is 11.8 Å². The number of halogens is 1. The molecule has 30 heavy (non-hydrogen) atoms. The highest BCUT2D eigenvalue weighted by molar-refractivity contribution is 14.1. The predicted molar refractivity (Wildman–Crippen MR) is 135 cm³/mol. The molecule has 0 amide bonds. The minimum absolute atomic E-state index is 0.0563. The number of allylic oxidation sites excluding steroid dienone is 4. The Balaban J connectivity index is 1.98. The summed E-state index contributed by atoms with van der Waals surface area (Å²) < 4.78 is 6.97. The Bertz CT molecular complexity index is 952. The summed E-state index contributed by atoms with van der Waals surface area (Å²) in [7, 11) is 2.04. The van der Waals surface area contributed by atoms with Gasteiger partial charge in [0.1, 0.15) is 5.82 Å². The highest BCUT2D eigenvalue weighted by Gasteiger charge is 2.35. The van der Waals surface area contributed by atoms with Crippen molar-refractivity contribution in [2.45, 2.75) is 25.3 Å². The molecule has 1 aliphatic carbocycles. The van der Waals surface area contributed by atoms with Crippen LogP contribution in [-0.4, -0.2) is 40.7 Å². The maximum atomic E-state index is 6.02. The number of nitrogens with zero attached hydrogens (tertiary/aromatic N) is 3. The summed E-state index contributed by atoms with van der Waals surface area (Å²) >= 11 is 2.33. The number of hydrogen-bond donors (Lipinski definition) is 1. The third kappa shape index (κ3) is 5.29. The number of fused-ring (bicyclic) bond motifs is 1. The van der Waals surface area contributed by atoms with E-state index in [4.69, 9.17) is 10.5 Å². The van der Waals surface area contributed by atoms with Crippen LogP contribution in [0.5, 0.6) is 0 Å². The van der Waals surface area contributed by atoms with Crippen molar-refractivity contribution in [2.24, 2.45) is 0 Å². The zero-order chi connectivity index (χ0) is 21.6. The molecule has 0 bridgehead atoms. The number of ether oxygens (including phenoxy) is 1. The van der Waals surface area contributed by atoms with E-state index >= 15 is 0 Å². The van der Waals surface area contributed by atoms with Gasteiger partial charge in [-0.3, -0.25) is 0 Å². The molecule has 0 fully saturated rings. The molecule has 1 atom stereocenters. The fourth-order valence-corrected chi connectivity index (χ4v) is 4.00. The van der Waals surface area contributed by atoms with Crippen molar-refractivity contribution in [2.75, 3.05) is 35.3 Å². The van der Waals surface area contributed by atoms with Gasteiger partial charge in [-0.2, -0.15) is 4.98 Å². The third-order valence-electron chi connectivity index (χ3n) is 5.53. The molecule has 1 aromatic heterocycles. The van der Waals surface area contributed by atoms with E-state index in [0.717, 1.165) is 16.9 Å². The molecule has 1 aliphatic rings. The van der Waals surface area contributed by atoms with Crippen molar-refractivity contribution in [3.8, 4) is 0 Å². The van der Waals surface area contributed by atoms with Crippen LogP contribution in [0.3, 0.4) is 0 Å². The standard InChI is InChI=1S/C24H29IN4O/c1-24(2,20-11-10-18-8-6-4-5-7-9-19(18)16-20)21(17-30-15-13-25)29(3)22-12-14-27-23(26)28-22/h4-12,14,16,21H,13,15,17H2,1-3H3,(H2,26,27,28). The van der Waals surface area contributed by atoms with Crippen LogP contribution in [0.2, 0.25) is 0 Å². The number of likely N-dealkylation sites (N-methyl/N-ethyl adjacent to an activating group) is 1. The number of alkyl halides is 1. The number of aromatic nitrogens is 2. The number of benzene rings is 1. The summed E-state index contributed by atoms with van der Waals surface area (Å²) in [6.07, 6.45) is 14.2. The number of nitrogens with two attached hydrogens (primary N) is 1. The van der Waals surface area contributed by atoms with Gasteiger partial charge in [0.2, 0.25) is 5.95 Å². The van der Waals surface area contributed by atoms with Crippen LogP contribution in [0, 0.1) is 0 Å². The highest BCUT2D eigenvalue weighted by Crippen LogP contribution is 2.34. The Morgan fingerprint density at radius 2 is 1.83 bits per heavy atom. The fourth-order valence-electron chi connectivity index (χ4n) is 3.68. The molecule has 0 saturated carbocycles. The molecule has 5 nitrogen and oxygen atoms in total. The van der Waals surface area contributed by atoms with Crippen molar-refractivity contribution in [1.29, 1.82) is 0 Å². The molecule has 1 aromatic carbocycles. The molecule has 1 heterocycles. The van der Waals surface area contributed by atoms with Gasteiger partial charge in [0.25, 0.3) is 0 Å². The Hall–Kier alpha value is -2.19. The Labute approximate surface area is 192 Å². The molecular weight excluding hydrogens is 487 g/mol. The Kier molecular flexibility index (Phi) is 7.66. The molecule has 6 heteroatoms. The van der Waals surface area contributed by atoms with Crippen molar-refractivity contribution < 1.29 is 4.74 Å². The maximum Gasteiger partial charge on any atom is 0.221 e. The van der Waals surface area contributed by atoms with Crippen molar-refractivity contribution >= 4 is 46.5 Å². The van der Waals surface area contributed by atoms with Gasteiger partial charge < -0.3 is 15.4 Å². The maximum absolute atomic E-state index is 6.02. The molecule has 2 aromatic rings. The first-order chi connectivity index (χ1) is 14.4. The first kappa shape index (κ1) is 22.5. The van der Waals surface area contributed by atoms with Gasteiger partial charge in [0.05, 0.1) is 19.3 Å². The van der Waals surface area contributed by atoms with Crippen molar-refractivity contribution in [3.63, 3.8) is 0 Å². The number of nitrogen functional groups attached to an aromatic ring is 1. The first-order valence-corrected chi connectivity index (χ1v) is 11.6. The van der Waals surface area contributed by atoms with E-state index in [9.17, 15) is 0 Å². The first-order valence-electron chi connectivity index (χ1n) is 10.0. The molecule has 3 rings (SSSR count). The monoisotopic (exact) mass is 516 g/mol. The number of hydrogen-bond acceptors (Lipinski definition) is 5. The van der Waals surface area contributed by atoms with Crippen molar-refractivity contribution in [1.82, 2.24) is 9.97 Å². The summed E-state index contributed by atoms with van der Waals surface area (Å²) in [5.41, 5.74) is 9.31. The topological polar surface area (TPSA) is 64.3 Å². The molecular formula is C24H29IN4O. The summed E-state index contributed by atoms with van der Waals surface area (Å²) in [6.45, 7) is 5.83. The lowest BCUT2D eigenvalue weighted by atomic mass is 9.76. The van der Waals surface area contributed by atoms with Crippen LogP contribution in [0.25, 0.3) is 12.2 Å². The largest absolute Gasteiger partial charge is 0.378 e. The molecule has 158 valence electrons. The molecule has 1 unspecified atom stereocenters. The fraction of sp³-hybridized carbons (Fsp3) is 0.333. The molecule has 2 N–H and O–H groups in total. The SMILES string of the molecule is CN(c1ccnc(N)n1)C(COCCI)C(C)(C)c1ccc2c(c1)C=CC=CC=C2. The average Bonchev–Trinajstić information content (AvgIpc) is 2.71. The molecule has 0 radical (unpaired) electrons. The molecule has 0 aliphatic heterocycles. The Morgan fingerprint density at radius 1 is 1.10 bits per heavy atom. The van der Waals surface area contributed by atoms with Gasteiger partial charge in [0, 0.05) is 23.1 Å². The van der Waals surface area contributed by atoms with E-state index in [1.807, 2.05) is 25.3 Å². The van der Waals surface area contributed by atoms with E-state index in [1.54, 1.807) is 6.20 Å². The zero-order valence-corrected chi connectivity index (χ0v) is 19.9. The van der Waals surface area contributed by atoms with Crippen LogP contribution in [-0.2, 0) is 10.2 Å². The second-order valence-corrected chi connectivity index (χ2v) is 8.91. The van der Waals surface area contributed by atoms with Crippen LogP contribution in [0.1, 0.15) is 30.5 Å². The van der Waals surface area contributed by atoms with Crippen molar-refractivity contribution in [3.05, 3.63) is 71.5 Å². The lowest BCUT2D eigenvalue weighted by Gasteiger charge is -2.41. The summed E-state index contributed by atoms with van der Waals surface area (Å²) in [5, 5.41) is 0. The van der Waals surface area contributed by atoms with Crippen LogP contribution < -0.4 is 10.6 Å². The van der Waals surface area contributed by atoms with Gasteiger partial charge in [-0.05, 0) is 22.8 Å². The quantitative estimate of drug-likeness (QED) is 0.308. The van der Waals surface area contributed by atoms with Crippen LogP contribution in [0.15, 0.2) is 54.8 Å². The smallest absolute Gasteiger partial charge is 0.221 e. The van der Waals surface area contributed by atoms with E-state index < -0.39 is 0 Å². The normalized spacial score (nSPS) is 14.1. The second kappa shape index (κ2) is 10.2. The lowest BCUT2D eigenvalue weighted by Crippen LogP contribution is -2.49. The average molecular weight is 516 g/mol. The van der Waals surface area contributed by atoms with E-state index in [-0.39, 0.29) is 17.4 Å². The highest BCUT2D eigenvalue weighted by atomic mass is 127. The summed E-state index contributed by atoms with van der Waals surface area (Å²) in [5.74, 6) is 1.06. The summed E-state index contributed by atoms with van der Waals surface area (Å²) in [6, 6.07) is 8.63. The Morgan fingerprint density at radius 3 is 2.53 bits per heavy atom. The number of anilines is 2. The van der Waals surface area contributed by atoms with Crippen LogP contribution >= 0.6 is 22.6 Å². The van der Waals surface area contributed by atoms with Gasteiger partial charge in [0.15, 0.2) is 0 Å². The van der Waals surface area contributed by atoms with Gasteiger partial charge in [-0.1, -0.05) is 91.1 Å². The molecule has 0 saturated heterocycles. The minimum atomic E-state index is -0.204. The second-order valence-electron chi connectivity index (χ2n) is 7.83. The van der Waals surface area contributed by atoms with E-state index in [0.29, 0.717) is 6.61 Å². The minimum Gasteiger partial charge on any atom is -0.378 e. The predicted octanol–water partition coefficient (Wildman–Crippen LogP) is 4.89. The van der Waals surface area contributed by atoms with E-state index in [1.165, 1.54) is 16.7 Å². The summed E-state index contributed by atoms with van der Waals surface area (Å²) in [4.78, 5) is 10.6. The van der Waals surface area contributed by atoms with Gasteiger partial charge in [-0.15, -0.1) is 0 Å². The lowest BCUT2D eigenvalue weighted by molar-refractivity contribution is 0.114. The third-order valence-corrected chi connectivity index (χ3v) is 5.97. The van der Waals surface area contributed by atoms with Gasteiger partial charge in [-0.25, -0.2) is 4.98 Å². The number of rotatable bonds is 8. The van der Waals surface area contributed by atoms with E-state index in [2.05, 4.69) is 93.8 Å². The molecule has 0 spiro atoms. The zero-order valence-electron chi connectivity index (χ0n) is 17.8. The van der Waals surface area contributed by atoms with Gasteiger partial charge >= 0.3 is 0 Å².